The number of nitrogens with one attached hydrogen (secondary N) is 2. The number of rotatable bonds is 9. The van der Waals surface area contributed by atoms with Crippen LogP contribution in [0, 0.1) is 30.9 Å². The molecule has 1 aliphatic heterocycles. The van der Waals surface area contributed by atoms with Gasteiger partial charge in [-0.2, -0.15) is 0 Å². The summed E-state index contributed by atoms with van der Waals surface area (Å²) in [5.41, 5.74) is 6.43. The fourth-order valence-electron chi connectivity index (χ4n) is 5.63. The molecule has 2 aromatic carbocycles. The highest BCUT2D eigenvalue weighted by Crippen LogP contribution is 2.45. The lowest BCUT2D eigenvalue weighted by Crippen LogP contribution is -2.29. The van der Waals surface area contributed by atoms with Crippen molar-refractivity contribution in [2.45, 2.75) is 32.9 Å². The first-order valence-corrected chi connectivity index (χ1v) is 14.0. The van der Waals surface area contributed by atoms with E-state index in [1.54, 1.807) is 19.4 Å². The number of carbonyl (C=O) groups excluding carboxylic acids is 1. The molecule has 2 aromatic heterocycles. The first-order chi connectivity index (χ1) is 20.6. The van der Waals surface area contributed by atoms with Crippen LogP contribution in [-0.4, -0.2) is 46.3 Å². The maximum atomic E-state index is 12.2. The van der Waals surface area contributed by atoms with Crippen molar-refractivity contribution in [2.24, 2.45) is 0 Å². The van der Waals surface area contributed by atoms with Crippen molar-refractivity contribution in [3.05, 3.63) is 105 Å². The molecule has 222 valence electrons. The second-order valence-electron chi connectivity index (χ2n) is 10.3. The fourth-order valence-corrected chi connectivity index (χ4v) is 5.97. The van der Waals surface area contributed by atoms with E-state index < -0.39 is 4.92 Å². The highest BCUT2D eigenvalue weighted by molar-refractivity contribution is 7.80. The van der Waals surface area contributed by atoms with Crippen molar-refractivity contribution in [1.29, 1.82) is 0 Å². The van der Waals surface area contributed by atoms with Crippen molar-refractivity contribution in [3.8, 4) is 11.4 Å². The fraction of sp³-hybridized carbons (Fsp3) is 0.258. The van der Waals surface area contributed by atoms with Crippen LogP contribution in [0.5, 0.6) is 5.75 Å². The second kappa shape index (κ2) is 12.2. The quantitative estimate of drug-likeness (QED) is 0.146. The highest BCUT2D eigenvalue weighted by atomic mass is 32.1. The largest absolute Gasteiger partial charge is 0.495 e. The number of benzene rings is 2. The molecule has 1 amide bonds. The van der Waals surface area contributed by atoms with E-state index in [0.29, 0.717) is 22.2 Å². The molecule has 43 heavy (non-hydrogen) atoms. The van der Waals surface area contributed by atoms with E-state index in [1.165, 1.54) is 19.2 Å². The van der Waals surface area contributed by atoms with E-state index in [-0.39, 0.29) is 30.3 Å². The predicted octanol–water partition coefficient (Wildman–Crippen LogP) is 5.48. The summed E-state index contributed by atoms with van der Waals surface area (Å²) in [6.45, 7) is 5.82. The van der Waals surface area contributed by atoms with Gasteiger partial charge in [0.15, 0.2) is 5.11 Å². The molecule has 1 fully saturated rings. The van der Waals surface area contributed by atoms with E-state index in [4.69, 9.17) is 21.7 Å². The maximum absolute atomic E-state index is 12.2. The van der Waals surface area contributed by atoms with Gasteiger partial charge in [-0.1, -0.05) is 6.07 Å². The van der Waals surface area contributed by atoms with Crippen molar-refractivity contribution in [2.75, 3.05) is 31.0 Å². The molecule has 0 aliphatic carbocycles. The van der Waals surface area contributed by atoms with Crippen molar-refractivity contribution < 1.29 is 19.2 Å². The van der Waals surface area contributed by atoms with Gasteiger partial charge in [0.2, 0.25) is 5.91 Å². The van der Waals surface area contributed by atoms with Gasteiger partial charge in [-0.3, -0.25) is 19.9 Å². The monoisotopic (exact) mass is 600 g/mol. The Morgan fingerprint density at radius 1 is 1.12 bits per heavy atom. The van der Waals surface area contributed by atoms with Crippen LogP contribution >= 0.6 is 12.2 Å². The summed E-state index contributed by atoms with van der Waals surface area (Å²) in [4.78, 5) is 30.1. The minimum Gasteiger partial charge on any atom is -0.495 e. The number of nitro benzene ring substituents is 1. The molecule has 0 radical (unpaired) electrons. The summed E-state index contributed by atoms with van der Waals surface area (Å²) in [6, 6.07) is 17.5. The SMILES string of the molecule is COCC(=O)Nc1ccc(N2C(=S)N[C@@H](c3ccccn3)[C@H]2c2cc(C)n(-c3cc([N+](=O)[O-])ccc3OC)c2C)cc1C. The number of nitro groups is 1. The number of pyridine rings is 1. The van der Waals surface area contributed by atoms with Gasteiger partial charge in [0, 0.05) is 48.2 Å². The number of methoxy groups -OCH3 is 2. The molecular weight excluding hydrogens is 568 g/mol. The van der Waals surface area contributed by atoms with E-state index in [9.17, 15) is 14.9 Å². The van der Waals surface area contributed by atoms with Crippen molar-refractivity contribution in [1.82, 2.24) is 14.9 Å². The van der Waals surface area contributed by atoms with Crippen LogP contribution in [0.3, 0.4) is 0 Å². The van der Waals surface area contributed by atoms with Gasteiger partial charge in [-0.15, -0.1) is 0 Å². The Bertz CT molecular complexity index is 1710. The first-order valence-electron chi connectivity index (χ1n) is 13.6. The van der Waals surface area contributed by atoms with Gasteiger partial charge >= 0.3 is 0 Å². The van der Waals surface area contributed by atoms with E-state index in [2.05, 4.69) is 26.6 Å². The molecule has 0 unspecified atom stereocenters. The third-order valence-corrected chi connectivity index (χ3v) is 7.85. The van der Waals surface area contributed by atoms with E-state index in [0.717, 1.165) is 33.9 Å². The molecule has 11 nitrogen and oxygen atoms in total. The molecule has 2 N–H and O–H groups in total. The maximum Gasteiger partial charge on any atom is 0.271 e. The van der Waals surface area contributed by atoms with Gasteiger partial charge in [-0.25, -0.2) is 0 Å². The van der Waals surface area contributed by atoms with Crippen LogP contribution in [0.2, 0.25) is 0 Å². The van der Waals surface area contributed by atoms with Crippen LogP contribution < -0.4 is 20.3 Å². The summed E-state index contributed by atoms with van der Waals surface area (Å²) in [5.74, 6) is 0.271. The molecule has 2 atom stereocenters. The predicted molar refractivity (Wildman–Crippen MR) is 168 cm³/mol. The number of amides is 1. The third-order valence-electron chi connectivity index (χ3n) is 7.54. The van der Waals surface area contributed by atoms with Gasteiger partial charge in [-0.05, 0) is 86.6 Å². The molecule has 12 heteroatoms. The zero-order chi connectivity index (χ0) is 30.8. The Balaban J connectivity index is 1.65. The molecule has 0 spiro atoms. The van der Waals surface area contributed by atoms with Crippen LogP contribution in [-0.2, 0) is 9.53 Å². The number of aromatic nitrogens is 2. The van der Waals surface area contributed by atoms with Crippen LogP contribution in [0.4, 0.5) is 17.1 Å². The van der Waals surface area contributed by atoms with Crippen molar-refractivity contribution in [3.63, 3.8) is 0 Å². The zero-order valence-electron chi connectivity index (χ0n) is 24.5. The lowest BCUT2D eigenvalue weighted by Gasteiger charge is -2.29. The summed E-state index contributed by atoms with van der Waals surface area (Å²) < 4.78 is 12.5. The Morgan fingerprint density at radius 2 is 1.91 bits per heavy atom. The highest BCUT2D eigenvalue weighted by Gasteiger charge is 2.42. The standard InChI is InChI=1S/C31H32N6O5S/c1-18-14-21(9-11-24(18)33-28(38)17-41-4)36-30(29(34-31(36)43)25-8-6-7-13-32-25)23-15-19(2)35(20(23)3)26-16-22(37(39)40)10-12-27(26)42-5/h6-16,29-30H,17H2,1-5H3,(H,33,38)(H,34,43)/t29-,30+/m0/s1. The lowest BCUT2D eigenvalue weighted by atomic mass is 9.96. The summed E-state index contributed by atoms with van der Waals surface area (Å²) in [7, 11) is 3.02. The zero-order valence-corrected chi connectivity index (χ0v) is 25.3. The number of hydrogen-bond acceptors (Lipinski definition) is 7. The summed E-state index contributed by atoms with van der Waals surface area (Å²) >= 11 is 5.92. The average Bonchev–Trinajstić information content (AvgIpc) is 3.48. The van der Waals surface area contributed by atoms with E-state index >= 15 is 0 Å². The number of carbonyl (C=O) groups is 1. The smallest absolute Gasteiger partial charge is 0.271 e. The molecule has 0 bridgehead atoms. The molecule has 4 aromatic rings. The molecule has 1 saturated heterocycles. The van der Waals surface area contributed by atoms with Crippen LogP contribution in [0.1, 0.15) is 40.3 Å². The number of anilines is 2. The number of nitrogens with zero attached hydrogens (tertiary/aromatic N) is 4. The molecular formula is C31H32N6O5S. The molecule has 1 aliphatic rings. The second-order valence-corrected chi connectivity index (χ2v) is 10.6. The number of ether oxygens (including phenoxy) is 2. The Labute approximate surface area is 254 Å². The van der Waals surface area contributed by atoms with Crippen LogP contribution in [0.25, 0.3) is 5.69 Å². The average molecular weight is 601 g/mol. The Hall–Kier alpha value is -4.81. The lowest BCUT2D eigenvalue weighted by molar-refractivity contribution is -0.384. The van der Waals surface area contributed by atoms with Crippen LogP contribution in [0.15, 0.2) is 66.9 Å². The first kappa shape index (κ1) is 29.7. The number of thiocarbonyl (C=S) groups is 1. The third kappa shape index (κ3) is 5.66. The molecule has 3 heterocycles. The summed E-state index contributed by atoms with van der Waals surface area (Å²) in [5, 5.41) is 18.5. The summed E-state index contributed by atoms with van der Waals surface area (Å²) in [6.07, 6.45) is 1.75. The topological polar surface area (TPSA) is 124 Å². The van der Waals surface area contributed by atoms with Gasteiger partial charge in [0.05, 0.1) is 35.5 Å². The van der Waals surface area contributed by atoms with Gasteiger partial charge in [0.25, 0.3) is 5.69 Å². The Morgan fingerprint density at radius 3 is 2.56 bits per heavy atom. The minimum absolute atomic E-state index is 0.0327. The molecule has 0 saturated carbocycles. The Kier molecular flexibility index (Phi) is 8.42. The van der Waals surface area contributed by atoms with Crippen molar-refractivity contribution >= 4 is 40.3 Å². The minimum atomic E-state index is -0.417. The van der Waals surface area contributed by atoms with Gasteiger partial charge in [0.1, 0.15) is 12.4 Å². The normalized spacial score (nSPS) is 16.2. The number of non-ortho nitro benzene ring substituents is 1. The molecule has 5 rings (SSSR count). The van der Waals surface area contributed by atoms with E-state index in [1.807, 2.05) is 61.7 Å². The van der Waals surface area contributed by atoms with Gasteiger partial charge < -0.3 is 29.6 Å². The number of aryl methyl sites for hydroxylation is 2. The number of hydrogen-bond donors (Lipinski definition) is 2.